The summed E-state index contributed by atoms with van der Waals surface area (Å²) < 4.78 is 15.1. The van der Waals surface area contributed by atoms with E-state index < -0.39 is 11.9 Å². The average Bonchev–Trinajstić information content (AvgIpc) is 3.49. The second-order valence-corrected chi connectivity index (χ2v) is 9.66. The fourth-order valence-electron chi connectivity index (χ4n) is 4.09. The Morgan fingerprint density at radius 1 is 1.15 bits per heavy atom. The van der Waals surface area contributed by atoms with Gasteiger partial charge in [-0.15, -0.1) is 11.3 Å². The van der Waals surface area contributed by atoms with Crippen LogP contribution >= 0.6 is 11.3 Å². The van der Waals surface area contributed by atoms with Crippen molar-refractivity contribution >= 4 is 33.8 Å². The van der Waals surface area contributed by atoms with Gasteiger partial charge in [0.05, 0.1) is 28.7 Å². The largest absolute Gasteiger partial charge is 0.297 e. The van der Waals surface area contributed by atoms with E-state index in [9.17, 15) is 18.8 Å². The number of hydrogen-bond donors (Lipinski definition) is 0. The van der Waals surface area contributed by atoms with Gasteiger partial charge in [0, 0.05) is 30.0 Å². The van der Waals surface area contributed by atoms with Crippen LogP contribution in [0.3, 0.4) is 0 Å². The first-order valence-electron chi connectivity index (χ1n) is 11.2. The van der Waals surface area contributed by atoms with Crippen LogP contribution in [-0.2, 0) is 17.6 Å². The van der Waals surface area contributed by atoms with Crippen molar-refractivity contribution in [3.05, 3.63) is 92.7 Å². The predicted molar refractivity (Wildman–Crippen MR) is 128 cm³/mol. The average molecular weight is 476 g/mol. The van der Waals surface area contributed by atoms with Crippen LogP contribution in [0.5, 0.6) is 0 Å². The molecule has 2 aromatic carbocycles. The summed E-state index contributed by atoms with van der Waals surface area (Å²) >= 11 is 1.37. The molecule has 0 saturated heterocycles. The van der Waals surface area contributed by atoms with Crippen molar-refractivity contribution in [2.75, 3.05) is 0 Å². The number of nitrogens with zero attached hydrogens (tertiary/aromatic N) is 3. The second kappa shape index (κ2) is 9.38. The fourth-order valence-corrected chi connectivity index (χ4v) is 4.72. The van der Waals surface area contributed by atoms with E-state index in [1.807, 2.05) is 0 Å². The minimum Gasteiger partial charge on any atom is -0.297 e. The van der Waals surface area contributed by atoms with Gasteiger partial charge in [0.2, 0.25) is 0 Å². The molecule has 1 fully saturated rings. The molecule has 34 heavy (non-hydrogen) atoms. The molecule has 1 unspecified atom stereocenters. The van der Waals surface area contributed by atoms with Gasteiger partial charge in [-0.3, -0.25) is 19.0 Å². The molecule has 1 aliphatic carbocycles. The lowest BCUT2D eigenvalue weighted by molar-refractivity contribution is -0.121. The van der Waals surface area contributed by atoms with Crippen LogP contribution in [0, 0.1) is 11.7 Å². The molecule has 0 radical (unpaired) electrons. The molecule has 2 aromatic heterocycles. The van der Waals surface area contributed by atoms with Gasteiger partial charge in [-0.25, -0.2) is 14.4 Å². The molecule has 172 valence electrons. The zero-order valence-electron chi connectivity index (χ0n) is 18.3. The van der Waals surface area contributed by atoms with Crippen LogP contribution in [0.4, 0.5) is 4.39 Å². The normalized spacial score (nSPS) is 14.3. The molecule has 0 bridgehead atoms. The molecule has 1 atom stereocenters. The molecule has 4 aromatic rings. The van der Waals surface area contributed by atoms with Crippen molar-refractivity contribution in [3.8, 4) is 0 Å². The third-order valence-electron chi connectivity index (χ3n) is 6.11. The molecular formula is C26H22FN3O3S. The van der Waals surface area contributed by atoms with E-state index in [-0.39, 0.29) is 30.0 Å². The summed E-state index contributed by atoms with van der Waals surface area (Å²) in [5, 5.41) is 2.77. The summed E-state index contributed by atoms with van der Waals surface area (Å²) in [6, 6.07) is 10.0. The maximum absolute atomic E-state index is 13.8. The van der Waals surface area contributed by atoms with Crippen molar-refractivity contribution in [2.45, 2.75) is 38.1 Å². The highest BCUT2D eigenvalue weighted by Crippen LogP contribution is 2.33. The lowest BCUT2D eigenvalue weighted by Crippen LogP contribution is -2.32. The molecule has 1 aliphatic rings. The van der Waals surface area contributed by atoms with Gasteiger partial charge in [-0.1, -0.05) is 18.2 Å². The molecule has 0 amide bonds. The number of thiazole rings is 1. The van der Waals surface area contributed by atoms with Crippen LogP contribution in [0.2, 0.25) is 0 Å². The first-order chi connectivity index (χ1) is 16.5. The Morgan fingerprint density at radius 2 is 2.00 bits per heavy atom. The number of hydrogen-bond acceptors (Lipinski definition) is 6. The summed E-state index contributed by atoms with van der Waals surface area (Å²) in [6.07, 6.45) is 5.88. The van der Waals surface area contributed by atoms with Crippen LogP contribution in [0.15, 0.2) is 65.2 Å². The number of benzene rings is 2. The van der Waals surface area contributed by atoms with Crippen LogP contribution in [0.25, 0.3) is 10.9 Å². The number of aromatic nitrogens is 3. The molecule has 0 aliphatic heterocycles. The Morgan fingerprint density at radius 3 is 2.74 bits per heavy atom. The minimum absolute atomic E-state index is 0.0537. The number of Topliss-reactive ketones (excluding diaryl/α,β-unsaturated/α-hetero) is 2. The van der Waals surface area contributed by atoms with E-state index in [0.29, 0.717) is 39.4 Å². The molecule has 1 saturated carbocycles. The summed E-state index contributed by atoms with van der Waals surface area (Å²) in [5.41, 5.74) is 1.19. The van der Waals surface area contributed by atoms with E-state index in [2.05, 4.69) is 9.97 Å². The molecule has 0 N–H and O–H groups in total. The molecule has 8 heteroatoms. The second-order valence-electron chi connectivity index (χ2n) is 8.68. The Balaban J connectivity index is 1.50. The maximum atomic E-state index is 13.8. The number of halogens is 1. The zero-order chi connectivity index (χ0) is 23.7. The van der Waals surface area contributed by atoms with Crippen molar-refractivity contribution < 1.29 is 14.0 Å². The maximum Gasteiger partial charge on any atom is 0.261 e. The highest BCUT2D eigenvalue weighted by Gasteiger charge is 2.26. The predicted octanol–water partition coefficient (Wildman–Crippen LogP) is 4.57. The third-order valence-corrected chi connectivity index (χ3v) is 6.89. The Hall–Kier alpha value is -3.52. The van der Waals surface area contributed by atoms with Crippen LogP contribution < -0.4 is 5.56 Å². The molecule has 0 spiro atoms. The van der Waals surface area contributed by atoms with E-state index in [4.69, 9.17) is 0 Å². The Labute approximate surface area is 199 Å². The van der Waals surface area contributed by atoms with Gasteiger partial charge in [-0.2, -0.15) is 0 Å². The smallest absolute Gasteiger partial charge is 0.261 e. The minimum atomic E-state index is -0.869. The zero-order valence-corrected chi connectivity index (χ0v) is 19.1. The lowest BCUT2D eigenvalue weighted by atomic mass is 10.00. The molecular weight excluding hydrogens is 453 g/mol. The number of fused-ring (bicyclic) bond motifs is 1. The summed E-state index contributed by atoms with van der Waals surface area (Å²) in [5.74, 6) is -0.0933. The highest BCUT2D eigenvalue weighted by atomic mass is 32.1. The SMILES string of the molecule is O=C(CC1CC1)c1ccc2c(=O)n(C(Cc3cccc(F)c3)C(=O)Cc3nccs3)cnc2c1. The molecule has 6 nitrogen and oxygen atoms in total. The number of carbonyl (C=O) groups is 2. The lowest BCUT2D eigenvalue weighted by Gasteiger charge is -2.19. The van der Waals surface area contributed by atoms with E-state index in [1.54, 1.807) is 41.9 Å². The van der Waals surface area contributed by atoms with Gasteiger partial charge in [0.1, 0.15) is 11.9 Å². The van der Waals surface area contributed by atoms with E-state index >= 15 is 0 Å². The van der Waals surface area contributed by atoms with Crippen LogP contribution in [-0.4, -0.2) is 26.1 Å². The van der Waals surface area contributed by atoms with Crippen molar-refractivity contribution in [2.24, 2.45) is 5.92 Å². The highest BCUT2D eigenvalue weighted by molar-refractivity contribution is 7.09. The summed E-state index contributed by atoms with van der Waals surface area (Å²) in [4.78, 5) is 47.8. The van der Waals surface area contributed by atoms with Gasteiger partial charge >= 0.3 is 0 Å². The van der Waals surface area contributed by atoms with Crippen molar-refractivity contribution in [1.29, 1.82) is 0 Å². The van der Waals surface area contributed by atoms with Gasteiger partial charge < -0.3 is 0 Å². The Kier molecular flexibility index (Phi) is 6.15. The van der Waals surface area contributed by atoms with Gasteiger partial charge in [-0.05, 0) is 48.6 Å². The monoisotopic (exact) mass is 475 g/mol. The fraction of sp³-hybridized carbons (Fsp3) is 0.269. The number of ketones is 2. The van der Waals surface area contributed by atoms with Gasteiger partial charge in [0.25, 0.3) is 5.56 Å². The number of carbonyl (C=O) groups excluding carboxylic acids is 2. The summed E-state index contributed by atoms with van der Waals surface area (Å²) in [7, 11) is 0. The van der Waals surface area contributed by atoms with Gasteiger partial charge in [0.15, 0.2) is 11.6 Å². The first-order valence-corrected chi connectivity index (χ1v) is 12.1. The van der Waals surface area contributed by atoms with E-state index in [1.165, 1.54) is 34.4 Å². The first kappa shape index (κ1) is 22.3. The third kappa shape index (κ3) is 4.87. The van der Waals surface area contributed by atoms with Crippen molar-refractivity contribution in [3.63, 3.8) is 0 Å². The van der Waals surface area contributed by atoms with E-state index in [0.717, 1.165) is 12.8 Å². The van der Waals surface area contributed by atoms with Crippen molar-refractivity contribution in [1.82, 2.24) is 14.5 Å². The standard InChI is InChI=1S/C26H22FN3O3S/c27-19-3-1-2-17(10-19)11-22(24(32)14-25-28-8-9-34-25)30-15-29-21-13-18(6-7-20(21)26(30)33)23(31)12-16-4-5-16/h1-3,6-10,13,15-16,22H,4-5,11-12,14H2. The summed E-state index contributed by atoms with van der Waals surface area (Å²) in [6.45, 7) is 0. The Bertz CT molecular complexity index is 1430. The topological polar surface area (TPSA) is 81.9 Å². The van der Waals surface area contributed by atoms with Crippen LogP contribution in [0.1, 0.15) is 46.2 Å². The quantitative estimate of drug-likeness (QED) is 0.331. The number of rotatable bonds is 9. The molecule has 2 heterocycles. The molecule has 5 rings (SSSR count).